The van der Waals surface area contributed by atoms with E-state index >= 15 is 0 Å². The molecule has 222 valence electrons. The van der Waals surface area contributed by atoms with Crippen LogP contribution < -0.4 is 0 Å². The molecule has 10 atom stereocenters. The van der Waals surface area contributed by atoms with Gasteiger partial charge in [0, 0.05) is 0 Å². The van der Waals surface area contributed by atoms with Gasteiger partial charge in [-0.25, -0.2) is 0 Å². The molecule has 0 N–H and O–H groups in total. The molecule has 5 fully saturated rings. The van der Waals surface area contributed by atoms with E-state index in [0.717, 1.165) is 76.9 Å². The molecule has 0 radical (unpaired) electrons. The molecule has 0 aromatic carbocycles. The van der Waals surface area contributed by atoms with Crippen LogP contribution in [0, 0.1) is 76.9 Å². The minimum Gasteiger partial charge on any atom is -0.0654 e. The van der Waals surface area contributed by atoms with E-state index < -0.39 is 0 Å². The fraction of sp³-hybridized carbons (Fsp3) is 1.00. The van der Waals surface area contributed by atoms with E-state index in [9.17, 15) is 0 Å². The van der Waals surface area contributed by atoms with Crippen molar-refractivity contribution in [2.75, 3.05) is 0 Å². The lowest BCUT2D eigenvalue weighted by atomic mass is 9.56. The molecular formula is C38H70. The first kappa shape index (κ1) is 30.9. The molecule has 0 heterocycles. The molecule has 0 heteroatoms. The standard InChI is InChI=1S/C23H42.C15H28/c1-5-6-9-21-17(4)15-20-8-7-10-22(20)23(21)19-13-11-18(12-14-19)16(2)3;1-4-13-9-12(3)6-8-15(13)14-7-5-11(2)10-14/h16-23H,5-15H2,1-4H3;11-15H,4-10H2,1-3H3. The Hall–Kier alpha value is 0. The van der Waals surface area contributed by atoms with Gasteiger partial charge in [-0.05, 0) is 148 Å². The molecule has 0 saturated heterocycles. The Labute approximate surface area is 240 Å². The van der Waals surface area contributed by atoms with Gasteiger partial charge in [0.15, 0.2) is 0 Å². The van der Waals surface area contributed by atoms with Crippen molar-refractivity contribution < 1.29 is 0 Å². The van der Waals surface area contributed by atoms with Crippen LogP contribution >= 0.6 is 0 Å². The average molecular weight is 527 g/mol. The van der Waals surface area contributed by atoms with E-state index in [-0.39, 0.29) is 0 Å². The monoisotopic (exact) mass is 527 g/mol. The van der Waals surface area contributed by atoms with Crippen LogP contribution in [0.4, 0.5) is 0 Å². The van der Waals surface area contributed by atoms with Gasteiger partial charge in [0.2, 0.25) is 0 Å². The average Bonchev–Trinajstić information content (AvgIpc) is 3.56. The van der Waals surface area contributed by atoms with E-state index in [2.05, 4.69) is 48.5 Å². The first-order chi connectivity index (χ1) is 18.3. The molecule has 0 nitrogen and oxygen atoms in total. The summed E-state index contributed by atoms with van der Waals surface area (Å²) in [7, 11) is 0. The molecule has 0 aliphatic heterocycles. The summed E-state index contributed by atoms with van der Waals surface area (Å²) in [4.78, 5) is 0. The summed E-state index contributed by atoms with van der Waals surface area (Å²) in [6, 6.07) is 0. The van der Waals surface area contributed by atoms with Crippen molar-refractivity contribution in [3.8, 4) is 0 Å². The van der Waals surface area contributed by atoms with Crippen LogP contribution in [-0.2, 0) is 0 Å². The van der Waals surface area contributed by atoms with Crippen LogP contribution in [0.15, 0.2) is 0 Å². The Bertz CT molecular complexity index is 653. The molecule has 0 bridgehead atoms. The van der Waals surface area contributed by atoms with Crippen LogP contribution in [0.3, 0.4) is 0 Å². The Morgan fingerprint density at radius 3 is 1.92 bits per heavy atom. The van der Waals surface area contributed by atoms with E-state index in [4.69, 9.17) is 0 Å². The van der Waals surface area contributed by atoms with Crippen molar-refractivity contribution in [3.05, 3.63) is 0 Å². The lowest BCUT2D eigenvalue weighted by Gasteiger charge is -2.50. The van der Waals surface area contributed by atoms with Gasteiger partial charge in [-0.3, -0.25) is 0 Å². The highest BCUT2D eigenvalue weighted by Gasteiger charge is 2.47. The van der Waals surface area contributed by atoms with Crippen LogP contribution in [0.1, 0.15) is 164 Å². The SMILES string of the molecule is CCC1CC(C)CCC1C1CCC(C)C1.CCCCC1C(C)CC2CCCC2C1C1CCC(C(C)C)CC1. The van der Waals surface area contributed by atoms with Crippen molar-refractivity contribution in [1.82, 2.24) is 0 Å². The predicted octanol–water partition coefficient (Wildman–Crippen LogP) is 12.2. The molecule has 5 rings (SSSR count). The van der Waals surface area contributed by atoms with Gasteiger partial charge < -0.3 is 0 Å². The number of hydrogen-bond donors (Lipinski definition) is 0. The van der Waals surface area contributed by atoms with Gasteiger partial charge in [-0.1, -0.05) is 93.4 Å². The van der Waals surface area contributed by atoms with Gasteiger partial charge in [0.05, 0.1) is 0 Å². The molecule has 10 unspecified atom stereocenters. The first-order valence-electron chi connectivity index (χ1n) is 18.3. The van der Waals surface area contributed by atoms with Crippen LogP contribution in [0.5, 0.6) is 0 Å². The molecule has 5 saturated carbocycles. The Kier molecular flexibility index (Phi) is 12.0. The predicted molar refractivity (Wildman–Crippen MR) is 168 cm³/mol. The van der Waals surface area contributed by atoms with Gasteiger partial charge in [-0.2, -0.15) is 0 Å². The van der Waals surface area contributed by atoms with E-state index in [0.29, 0.717) is 0 Å². The van der Waals surface area contributed by atoms with Crippen molar-refractivity contribution in [2.45, 2.75) is 164 Å². The van der Waals surface area contributed by atoms with E-state index in [1.807, 2.05) is 0 Å². The van der Waals surface area contributed by atoms with Crippen LogP contribution in [-0.4, -0.2) is 0 Å². The third-order valence-electron chi connectivity index (χ3n) is 13.5. The highest BCUT2D eigenvalue weighted by atomic mass is 14.5. The number of rotatable bonds is 7. The first-order valence-corrected chi connectivity index (χ1v) is 18.3. The maximum absolute atomic E-state index is 2.61. The minimum atomic E-state index is 0.913. The van der Waals surface area contributed by atoms with Crippen molar-refractivity contribution in [3.63, 3.8) is 0 Å². The normalized spacial score (nSPS) is 45.5. The second-order valence-corrected chi connectivity index (χ2v) is 16.3. The maximum Gasteiger partial charge on any atom is -0.0324 e. The lowest BCUT2D eigenvalue weighted by molar-refractivity contribution is -0.00486. The van der Waals surface area contributed by atoms with Crippen LogP contribution in [0.25, 0.3) is 0 Å². The van der Waals surface area contributed by atoms with Gasteiger partial charge in [0.1, 0.15) is 0 Å². The van der Waals surface area contributed by atoms with Crippen molar-refractivity contribution in [1.29, 1.82) is 0 Å². The summed E-state index contributed by atoms with van der Waals surface area (Å²) < 4.78 is 0. The maximum atomic E-state index is 2.61. The minimum absolute atomic E-state index is 0.913. The summed E-state index contributed by atoms with van der Waals surface area (Å²) in [5, 5.41) is 0. The molecule has 0 spiro atoms. The Morgan fingerprint density at radius 2 is 1.29 bits per heavy atom. The molecule has 5 aliphatic carbocycles. The van der Waals surface area contributed by atoms with Crippen molar-refractivity contribution >= 4 is 0 Å². The van der Waals surface area contributed by atoms with Crippen molar-refractivity contribution in [2.24, 2.45) is 76.9 Å². The van der Waals surface area contributed by atoms with E-state index in [1.54, 1.807) is 38.5 Å². The van der Waals surface area contributed by atoms with E-state index in [1.165, 1.54) is 77.0 Å². The molecule has 0 aromatic rings. The third kappa shape index (κ3) is 7.64. The Balaban J connectivity index is 0.000000194. The zero-order valence-corrected chi connectivity index (χ0v) is 27.2. The summed E-state index contributed by atoms with van der Waals surface area (Å²) in [5.74, 6) is 13.7. The molecule has 5 aliphatic rings. The molecular weight excluding hydrogens is 456 g/mol. The molecule has 0 amide bonds. The lowest BCUT2D eigenvalue weighted by Crippen LogP contribution is -2.42. The van der Waals surface area contributed by atoms with Gasteiger partial charge in [0.25, 0.3) is 0 Å². The second-order valence-electron chi connectivity index (χ2n) is 16.3. The summed E-state index contributed by atoms with van der Waals surface area (Å²) >= 11 is 0. The number of unbranched alkanes of at least 4 members (excludes halogenated alkanes) is 1. The number of fused-ring (bicyclic) bond motifs is 1. The van der Waals surface area contributed by atoms with Crippen LogP contribution in [0.2, 0.25) is 0 Å². The van der Waals surface area contributed by atoms with Gasteiger partial charge in [-0.15, -0.1) is 0 Å². The highest BCUT2D eigenvalue weighted by molar-refractivity contribution is 4.97. The van der Waals surface area contributed by atoms with Gasteiger partial charge >= 0.3 is 0 Å². The summed E-state index contributed by atoms with van der Waals surface area (Å²) in [6.45, 7) is 17.2. The zero-order chi connectivity index (χ0) is 27.2. The summed E-state index contributed by atoms with van der Waals surface area (Å²) in [6.07, 6.45) is 27.4. The number of hydrogen-bond acceptors (Lipinski definition) is 0. The topological polar surface area (TPSA) is 0 Å². The highest BCUT2D eigenvalue weighted by Crippen LogP contribution is 2.56. The quantitative estimate of drug-likeness (QED) is 0.309. The second kappa shape index (κ2) is 14.8. The molecule has 0 aromatic heterocycles. The summed E-state index contributed by atoms with van der Waals surface area (Å²) in [5.41, 5.74) is 0. The fourth-order valence-corrected chi connectivity index (χ4v) is 11.3. The fourth-order valence-electron chi connectivity index (χ4n) is 11.3. The third-order valence-corrected chi connectivity index (χ3v) is 13.5. The largest absolute Gasteiger partial charge is 0.0654 e. The smallest absolute Gasteiger partial charge is 0.0324 e. The Morgan fingerprint density at radius 1 is 0.632 bits per heavy atom. The molecule has 38 heavy (non-hydrogen) atoms. The zero-order valence-electron chi connectivity index (χ0n) is 27.2.